The number of aliphatic hydroxyl groups is 1. The predicted octanol–water partition coefficient (Wildman–Crippen LogP) is 3.07. The topological polar surface area (TPSA) is 32.3 Å². The van der Waals surface area contributed by atoms with Gasteiger partial charge in [-0.1, -0.05) is 61.5 Å². The molecule has 0 spiro atoms. The van der Waals surface area contributed by atoms with Crippen molar-refractivity contribution >= 4 is 0 Å². The van der Waals surface area contributed by atoms with Crippen LogP contribution < -0.4 is 5.32 Å². The third-order valence-corrected chi connectivity index (χ3v) is 3.37. The molecule has 0 aliphatic rings. The average molecular weight is 255 g/mol. The van der Waals surface area contributed by atoms with Crippen LogP contribution in [0.3, 0.4) is 0 Å². The van der Waals surface area contributed by atoms with Crippen LogP contribution in [0.5, 0.6) is 0 Å². The van der Waals surface area contributed by atoms with E-state index in [1.807, 2.05) is 18.2 Å². The van der Waals surface area contributed by atoms with Crippen LogP contribution in [0.4, 0.5) is 0 Å². The molecule has 2 aromatic carbocycles. The minimum Gasteiger partial charge on any atom is -0.394 e. The molecule has 0 aliphatic carbocycles. The standard InChI is InChI=1S/C17H21NO/c1-2-14-8-10-16(11-9-14)17(13-19)18-12-15-6-4-3-5-7-15/h3-11,17-19H,2,12-13H2,1H3. The lowest BCUT2D eigenvalue weighted by molar-refractivity contribution is 0.243. The number of nitrogens with one attached hydrogen (secondary N) is 1. The van der Waals surface area contributed by atoms with Gasteiger partial charge >= 0.3 is 0 Å². The van der Waals surface area contributed by atoms with E-state index >= 15 is 0 Å². The van der Waals surface area contributed by atoms with Crippen LogP contribution in [0, 0.1) is 0 Å². The number of hydrogen-bond donors (Lipinski definition) is 2. The fraction of sp³-hybridized carbons (Fsp3) is 0.294. The molecule has 0 saturated carbocycles. The zero-order valence-electron chi connectivity index (χ0n) is 11.3. The normalized spacial score (nSPS) is 12.3. The summed E-state index contributed by atoms with van der Waals surface area (Å²) < 4.78 is 0. The fourth-order valence-electron chi connectivity index (χ4n) is 2.11. The Balaban J connectivity index is 1.99. The average Bonchev–Trinajstić information content (AvgIpc) is 2.49. The van der Waals surface area contributed by atoms with Gasteiger partial charge in [-0.05, 0) is 23.1 Å². The van der Waals surface area contributed by atoms with Gasteiger partial charge < -0.3 is 10.4 Å². The maximum atomic E-state index is 9.52. The second-order valence-corrected chi connectivity index (χ2v) is 4.70. The first-order valence-electron chi connectivity index (χ1n) is 6.80. The minimum atomic E-state index is -0.00823. The third kappa shape index (κ3) is 3.91. The zero-order chi connectivity index (χ0) is 13.5. The Kier molecular flexibility index (Phi) is 5.13. The second-order valence-electron chi connectivity index (χ2n) is 4.70. The molecule has 0 aromatic heterocycles. The molecule has 2 aromatic rings. The Bertz CT molecular complexity index is 478. The van der Waals surface area contributed by atoms with Gasteiger partial charge in [-0.2, -0.15) is 0 Å². The molecule has 19 heavy (non-hydrogen) atoms. The summed E-state index contributed by atoms with van der Waals surface area (Å²) in [6, 6.07) is 18.7. The molecule has 2 rings (SSSR count). The van der Waals surface area contributed by atoms with Gasteiger partial charge in [0, 0.05) is 6.54 Å². The summed E-state index contributed by atoms with van der Waals surface area (Å²) in [5, 5.41) is 12.9. The summed E-state index contributed by atoms with van der Waals surface area (Å²) in [5.74, 6) is 0. The first-order chi connectivity index (χ1) is 9.33. The summed E-state index contributed by atoms with van der Waals surface area (Å²) in [5.41, 5.74) is 3.69. The number of aliphatic hydroxyl groups excluding tert-OH is 1. The number of rotatable bonds is 6. The molecular formula is C17H21NO. The van der Waals surface area contributed by atoms with E-state index in [4.69, 9.17) is 0 Å². The number of hydrogen-bond acceptors (Lipinski definition) is 2. The summed E-state index contributed by atoms with van der Waals surface area (Å²) in [6.45, 7) is 3.02. The highest BCUT2D eigenvalue weighted by molar-refractivity contribution is 5.25. The van der Waals surface area contributed by atoms with Crippen molar-refractivity contribution in [3.8, 4) is 0 Å². The van der Waals surface area contributed by atoms with Crippen molar-refractivity contribution in [2.24, 2.45) is 0 Å². The van der Waals surface area contributed by atoms with E-state index in [1.54, 1.807) is 0 Å². The lowest BCUT2D eigenvalue weighted by Gasteiger charge is -2.17. The van der Waals surface area contributed by atoms with E-state index in [9.17, 15) is 5.11 Å². The van der Waals surface area contributed by atoms with Crippen LogP contribution in [0.15, 0.2) is 54.6 Å². The summed E-state index contributed by atoms with van der Waals surface area (Å²) in [7, 11) is 0. The molecule has 0 bridgehead atoms. The Morgan fingerprint density at radius 2 is 1.63 bits per heavy atom. The molecular weight excluding hydrogens is 234 g/mol. The predicted molar refractivity (Wildman–Crippen MR) is 78.9 cm³/mol. The maximum Gasteiger partial charge on any atom is 0.0626 e. The Hall–Kier alpha value is -1.64. The molecule has 0 saturated heterocycles. The van der Waals surface area contributed by atoms with E-state index in [0.29, 0.717) is 0 Å². The smallest absolute Gasteiger partial charge is 0.0626 e. The van der Waals surface area contributed by atoms with E-state index in [1.165, 1.54) is 11.1 Å². The molecule has 2 N–H and O–H groups in total. The van der Waals surface area contributed by atoms with Gasteiger partial charge in [0.15, 0.2) is 0 Å². The van der Waals surface area contributed by atoms with Crippen molar-refractivity contribution in [2.75, 3.05) is 6.61 Å². The highest BCUT2D eigenvalue weighted by atomic mass is 16.3. The van der Waals surface area contributed by atoms with E-state index in [0.717, 1.165) is 18.5 Å². The highest BCUT2D eigenvalue weighted by Crippen LogP contribution is 2.14. The van der Waals surface area contributed by atoms with Crippen molar-refractivity contribution in [1.82, 2.24) is 5.32 Å². The van der Waals surface area contributed by atoms with E-state index in [2.05, 4.69) is 48.6 Å². The number of benzene rings is 2. The highest BCUT2D eigenvalue weighted by Gasteiger charge is 2.09. The molecule has 0 aliphatic heterocycles. The van der Waals surface area contributed by atoms with Crippen molar-refractivity contribution in [1.29, 1.82) is 0 Å². The minimum absolute atomic E-state index is 0.00823. The van der Waals surface area contributed by atoms with Crippen LogP contribution in [-0.4, -0.2) is 11.7 Å². The maximum absolute atomic E-state index is 9.52. The molecule has 2 heteroatoms. The Labute approximate surface area is 115 Å². The molecule has 0 fully saturated rings. The van der Waals surface area contributed by atoms with Gasteiger partial charge in [0.2, 0.25) is 0 Å². The molecule has 2 nitrogen and oxygen atoms in total. The Morgan fingerprint density at radius 1 is 0.947 bits per heavy atom. The zero-order valence-corrected chi connectivity index (χ0v) is 11.3. The van der Waals surface area contributed by atoms with Crippen LogP contribution in [0.25, 0.3) is 0 Å². The summed E-state index contributed by atoms with van der Waals surface area (Å²) in [6.07, 6.45) is 1.04. The van der Waals surface area contributed by atoms with Crippen LogP contribution in [0.2, 0.25) is 0 Å². The molecule has 1 atom stereocenters. The molecule has 0 radical (unpaired) electrons. The van der Waals surface area contributed by atoms with Gasteiger partial charge in [0.25, 0.3) is 0 Å². The molecule has 0 amide bonds. The largest absolute Gasteiger partial charge is 0.394 e. The van der Waals surface area contributed by atoms with Crippen molar-refractivity contribution in [3.63, 3.8) is 0 Å². The van der Waals surface area contributed by atoms with Crippen molar-refractivity contribution < 1.29 is 5.11 Å². The fourth-order valence-corrected chi connectivity index (χ4v) is 2.11. The van der Waals surface area contributed by atoms with Gasteiger partial charge in [0.1, 0.15) is 0 Å². The first-order valence-corrected chi connectivity index (χ1v) is 6.80. The van der Waals surface area contributed by atoms with E-state index in [-0.39, 0.29) is 12.6 Å². The third-order valence-electron chi connectivity index (χ3n) is 3.37. The van der Waals surface area contributed by atoms with Crippen LogP contribution >= 0.6 is 0 Å². The molecule has 1 unspecified atom stereocenters. The number of aryl methyl sites for hydroxylation is 1. The summed E-state index contributed by atoms with van der Waals surface area (Å²) >= 11 is 0. The quantitative estimate of drug-likeness (QED) is 0.831. The van der Waals surface area contributed by atoms with Gasteiger partial charge in [-0.3, -0.25) is 0 Å². The summed E-state index contributed by atoms with van der Waals surface area (Å²) in [4.78, 5) is 0. The Morgan fingerprint density at radius 3 is 2.21 bits per heavy atom. The van der Waals surface area contributed by atoms with Crippen molar-refractivity contribution in [3.05, 3.63) is 71.3 Å². The van der Waals surface area contributed by atoms with Gasteiger partial charge in [-0.25, -0.2) is 0 Å². The SMILES string of the molecule is CCc1ccc(C(CO)NCc2ccccc2)cc1. The van der Waals surface area contributed by atoms with Gasteiger partial charge in [-0.15, -0.1) is 0 Å². The lowest BCUT2D eigenvalue weighted by atomic mass is 10.0. The van der Waals surface area contributed by atoms with Gasteiger partial charge in [0.05, 0.1) is 12.6 Å². The van der Waals surface area contributed by atoms with Crippen molar-refractivity contribution in [2.45, 2.75) is 25.9 Å². The monoisotopic (exact) mass is 255 g/mol. The van der Waals surface area contributed by atoms with E-state index < -0.39 is 0 Å². The first kappa shape index (κ1) is 13.8. The second kappa shape index (κ2) is 7.07. The molecule has 0 heterocycles. The van der Waals surface area contributed by atoms with Crippen LogP contribution in [0.1, 0.15) is 29.7 Å². The van der Waals surface area contributed by atoms with Crippen LogP contribution in [-0.2, 0) is 13.0 Å². The lowest BCUT2D eigenvalue weighted by Crippen LogP contribution is -2.23. The molecule has 100 valence electrons.